The molecule has 0 aliphatic carbocycles. The Morgan fingerprint density at radius 1 is 0.424 bits per heavy atom. The van der Waals surface area contributed by atoms with Crippen molar-refractivity contribution in [2.75, 3.05) is 6.61 Å². The Balaban J connectivity index is 0. The van der Waals surface area contributed by atoms with Crippen LogP contribution in [0.2, 0.25) is 0 Å². The van der Waals surface area contributed by atoms with Gasteiger partial charge in [0, 0.05) is 36.0 Å². The largest absolute Gasteiger partial charge is 0.466 e. The summed E-state index contributed by atoms with van der Waals surface area (Å²) in [5, 5.41) is 0. The summed E-state index contributed by atoms with van der Waals surface area (Å²) in [5.41, 5.74) is 0. The smallest absolute Gasteiger partial charge is 0.305 e. The van der Waals surface area contributed by atoms with Crippen molar-refractivity contribution in [3.05, 3.63) is 0 Å². The molecule has 2 nitrogen and oxygen atoms in total. The van der Waals surface area contributed by atoms with E-state index in [2.05, 4.69) is 13.8 Å². The molecule has 0 aliphatic heterocycles. The maximum atomic E-state index is 11.8. The predicted octanol–water partition coefficient (Wildman–Crippen LogP) is 10.3. The third-order valence-electron chi connectivity index (χ3n) is 6.75. The molecule has 0 aliphatic rings. The van der Waals surface area contributed by atoms with E-state index in [4.69, 9.17) is 4.74 Å². The first kappa shape index (κ1) is 35.6. The van der Waals surface area contributed by atoms with Crippen LogP contribution in [0, 0.1) is 0 Å². The van der Waals surface area contributed by atoms with E-state index in [0.29, 0.717) is 13.0 Å². The zero-order valence-electron chi connectivity index (χ0n) is 23.4. The van der Waals surface area contributed by atoms with Crippen LogP contribution in [0.1, 0.15) is 181 Å². The van der Waals surface area contributed by atoms with Gasteiger partial charge in [-0.1, -0.05) is 162 Å². The molecule has 0 spiro atoms. The van der Waals surface area contributed by atoms with Crippen LogP contribution in [0.4, 0.5) is 0 Å². The second kappa shape index (κ2) is 32.5. The van der Waals surface area contributed by atoms with Gasteiger partial charge in [0.1, 0.15) is 0 Å². The summed E-state index contributed by atoms with van der Waals surface area (Å²) in [5.74, 6) is 0.0237. The normalized spacial score (nSPS) is 10.8. The van der Waals surface area contributed by atoms with Gasteiger partial charge >= 0.3 is 5.97 Å². The first-order valence-corrected chi connectivity index (χ1v) is 15.0. The molecular weight excluding hydrogens is 415 g/mol. The van der Waals surface area contributed by atoms with Crippen LogP contribution in [0.25, 0.3) is 0 Å². The average molecular weight is 476 g/mol. The molecule has 0 bridgehead atoms. The summed E-state index contributed by atoms with van der Waals surface area (Å²) in [6.07, 6.45) is 34.2. The second-order valence-corrected chi connectivity index (χ2v) is 10.1. The molecular formula is C30H60NaO2. The van der Waals surface area contributed by atoms with E-state index in [1.54, 1.807) is 0 Å². The van der Waals surface area contributed by atoms with Crippen molar-refractivity contribution in [1.29, 1.82) is 0 Å². The van der Waals surface area contributed by atoms with Crippen molar-refractivity contribution >= 4 is 35.5 Å². The molecule has 0 aromatic heterocycles. The molecule has 0 rings (SSSR count). The first-order valence-electron chi connectivity index (χ1n) is 15.0. The Labute approximate surface area is 231 Å². The molecule has 0 unspecified atom stereocenters. The van der Waals surface area contributed by atoms with Crippen LogP contribution in [-0.4, -0.2) is 42.1 Å². The van der Waals surface area contributed by atoms with Crippen molar-refractivity contribution in [2.24, 2.45) is 0 Å². The summed E-state index contributed by atoms with van der Waals surface area (Å²) in [7, 11) is 0. The predicted molar refractivity (Wildman–Crippen MR) is 148 cm³/mol. The van der Waals surface area contributed by atoms with Gasteiger partial charge in [-0.3, -0.25) is 4.79 Å². The zero-order chi connectivity index (χ0) is 23.4. The number of ether oxygens (including phenoxy) is 1. The number of esters is 1. The number of carbonyl (C=O) groups excluding carboxylic acids is 1. The van der Waals surface area contributed by atoms with Crippen molar-refractivity contribution in [3.63, 3.8) is 0 Å². The summed E-state index contributed by atoms with van der Waals surface area (Å²) in [6, 6.07) is 0. The van der Waals surface area contributed by atoms with Crippen LogP contribution < -0.4 is 0 Å². The van der Waals surface area contributed by atoms with Gasteiger partial charge in [-0.2, -0.15) is 0 Å². The van der Waals surface area contributed by atoms with Gasteiger partial charge in [-0.25, -0.2) is 0 Å². The van der Waals surface area contributed by atoms with Gasteiger partial charge < -0.3 is 4.74 Å². The van der Waals surface area contributed by atoms with Crippen LogP contribution in [0.15, 0.2) is 0 Å². The molecule has 0 amide bonds. The van der Waals surface area contributed by atoms with Gasteiger partial charge in [0.05, 0.1) is 6.61 Å². The number of carbonyl (C=O) groups is 1. The van der Waals surface area contributed by atoms with E-state index in [1.807, 2.05) is 0 Å². The van der Waals surface area contributed by atoms with E-state index < -0.39 is 0 Å². The third-order valence-corrected chi connectivity index (χ3v) is 6.75. The Hall–Kier alpha value is 0.470. The zero-order valence-corrected chi connectivity index (χ0v) is 25.4. The van der Waals surface area contributed by atoms with Crippen molar-refractivity contribution in [2.45, 2.75) is 181 Å². The first-order chi connectivity index (χ1) is 15.8. The minimum Gasteiger partial charge on any atom is -0.466 e. The van der Waals surface area contributed by atoms with Gasteiger partial charge in [0.2, 0.25) is 0 Å². The van der Waals surface area contributed by atoms with Gasteiger partial charge in [0.25, 0.3) is 0 Å². The Morgan fingerprint density at radius 3 is 1.03 bits per heavy atom. The molecule has 0 saturated carbocycles. The van der Waals surface area contributed by atoms with Crippen molar-refractivity contribution < 1.29 is 9.53 Å². The van der Waals surface area contributed by atoms with Crippen molar-refractivity contribution in [1.82, 2.24) is 0 Å². The molecule has 0 fully saturated rings. The fourth-order valence-corrected chi connectivity index (χ4v) is 4.49. The van der Waals surface area contributed by atoms with Crippen LogP contribution >= 0.6 is 0 Å². The SMILES string of the molecule is CCCCCCCCCCCCCCCCCC(=O)OCCCCCCCCCCCC.[Na]. The monoisotopic (exact) mass is 475 g/mol. The third kappa shape index (κ3) is 32.5. The van der Waals surface area contributed by atoms with Crippen molar-refractivity contribution in [3.8, 4) is 0 Å². The van der Waals surface area contributed by atoms with Gasteiger partial charge in [0.15, 0.2) is 0 Å². The summed E-state index contributed by atoms with van der Waals surface area (Å²) in [6.45, 7) is 5.19. The van der Waals surface area contributed by atoms with Crippen LogP contribution in [0.3, 0.4) is 0 Å². The number of unbranched alkanes of at least 4 members (excludes halogenated alkanes) is 23. The molecule has 3 heteroatoms. The minimum atomic E-state index is 0. The molecule has 0 aromatic rings. The quantitative estimate of drug-likeness (QED) is 0.0670. The molecule has 193 valence electrons. The molecule has 0 heterocycles. The molecule has 0 N–H and O–H groups in total. The van der Waals surface area contributed by atoms with Crippen LogP contribution in [0.5, 0.6) is 0 Å². The second-order valence-electron chi connectivity index (χ2n) is 10.1. The summed E-state index contributed by atoms with van der Waals surface area (Å²) < 4.78 is 5.39. The van der Waals surface area contributed by atoms with E-state index in [-0.39, 0.29) is 35.5 Å². The Bertz CT molecular complexity index is 359. The fourth-order valence-electron chi connectivity index (χ4n) is 4.49. The standard InChI is InChI=1S/C30H60O2.Na/c1-3-5-7-9-11-13-15-16-17-18-19-20-22-24-26-28-30(31)32-29-27-25-23-21-14-12-10-8-6-4-2;/h3-29H2,1-2H3;. The summed E-state index contributed by atoms with van der Waals surface area (Å²) >= 11 is 0. The topological polar surface area (TPSA) is 26.3 Å². The van der Waals surface area contributed by atoms with E-state index in [9.17, 15) is 4.79 Å². The van der Waals surface area contributed by atoms with Gasteiger partial charge in [-0.15, -0.1) is 0 Å². The molecule has 0 saturated heterocycles. The molecule has 0 aromatic carbocycles. The molecule has 1 radical (unpaired) electrons. The number of hydrogen-bond acceptors (Lipinski definition) is 2. The van der Waals surface area contributed by atoms with Crippen LogP contribution in [-0.2, 0) is 9.53 Å². The minimum absolute atomic E-state index is 0. The van der Waals surface area contributed by atoms with E-state index >= 15 is 0 Å². The van der Waals surface area contributed by atoms with E-state index in [1.165, 1.54) is 148 Å². The Morgan fingerprint density at radius 2 is 0.697 bits per heavy atom. The average Bonchev–Trinajstić information content (AvgIpc) is 2.80. The molecule has 33 heavy (non-hydrogen) atoms. The Kier molecular flexibility index (Phi) is 35.1. The number of hydrogen-bond donors (Lipinski definition) is 0. The maximum absolute atomic E-state index is 11.8. The van der Waals surface area contributed by atoms with E-state index in [0.717, 1.165) is 12.8 Å². The maximum Gasteiger partial charge on any atom is 0.305 e. The fraction of sp³-hybridized carbons (Fsp3) is 0.967. The summed E-state index contributed by atoms with van der Waals surface area (Å²) in [4.78, 5) is 11.8. The molecule has 0 atom stereocenters. The number of rotatable bonds is 27. The van der Waals surface area contributed by atoms with Gasteiger partial charge in [-0.05, 0) is 12.8 Å².